The van der Waals surface area contributed by atoms with Gasteiger partial charge in [0.15, 0.2) is 0 Å². The zero-order chi connectivity index (χ0) is 15.1. The molecule has 2 heterocycles. The van der Waals surface area contributed by atoms with E-state index in [2.05, 4.69) is 5.32 Å². The van der Waals surface area contributed by atoms with Crippen molar-refractivity contribution in [2.75, 3.05) is 7.11 Å². The van der Waals surface area contributed by atoms with Gasteiger partial charge in [-0.25, -0.2) is 0 Å². The van der Waals surface area contributed by atoms with Gasteiger partial charge in [0.05, 0.1) is 29.2 Å². The molecule has 0 radical (unpaired) electrons. The highest BCUT2D eigenvalue weighted by Crippen LogP contribution is 2.43. The van der Waals surface area contributed by atoms with Gasteiger partial charge in [0.1, 0.15) is 0 Å². The largest absolute Gasteiger partial charge is 0.469 e. The van der Waals surface area contributed by atoms with Crippen LogP contribution in [0, 0.1) is 5.92 Å². The van der Waals surface area contributed by atoms with Crippen LogP contribution in [-0.2, 0) is 9.53 Å². The average Bonchev–Trinajstić information content (AvgIpc) is 2.76. The molecule has 2 fully saturated rings. The Morgan fingerprint density at radius 3 is 2.76 bits per heavy atom. The fourth-order valence-electron chi connectivity index (χ4n) is 3.63. The summed E-state index contributed by atoms with van der Waals surface area (Å²) < 4.78 is 4.95. The maximum Gasteiger partial charge on any atom is 0.310 e. The van der Waals surface area contributed by atoms with Crippen molar-refractivity contribution in [3.05, 3.63) is 33.8 Å². The topological polar surface area (TPSA) is 58.6 Å². The van der Waals surface area contributed by atoms with Crippen LogP contribution < -0.4 is 5.32 Å². The predicted molar refractivity (Wildman–Crippen MR) is 80.7 cm³/mol. The molecule has 2 aliphatic rings. The second-order valence-electron chi connectivity index (χ2n) is 5.76. The summed E-state index contributed by atoms with van der Waals surface area (Å²) in [7, 11) is 1.38. The van der Waals surface area contributed by atoms with Crippen molar-refractivity contribution >= 4 is 29.2 Å². The first kappa shape index (κ1) is 15.1. The van der Waals surface area contributed by atoms with Gasteiger partial charge >= 0.3 is 5.97 Å². The molecule has 6 heteroatoms. The van der Waals surface area contributed by atoms with E-state index < -0.39 is 12.0 Å². The Bertz CT molecular complexity index is 566. The summed E-state index contributed by atoms with van der Waals surface area (Å²) in [5, 5.41) is 14.5. The number of hydrogen-bond acceptors (Lipinski definition) is 4. The summed E-state index contributed by atoms with van der Waals surface area (Å²) in [5.41, 5.74) is 0.963. The summed E-state index contributed by atoms with van der Waals surface area (Å²) in [6, 6.07) is 5.39. The molecule has 2 aliphatic heterocycles. The zero-order valence-corrected chi connectivity index (χ0v) is 13.1. The van der Waals surface area contributed by atoms with Crippen molar-refractivity contribution < 1.29 is 14.6 Å². The summed E-state index contributed by atoms with van der Waals surface area (Å²) in [4.78, 5) is 12.2. The van der Waals surface area contributed by atoms with Crippen LogP contribution in [0.4, 0.5) is 0 Å². The number of aliphatic hydroxyl groups is 1. The Balaban J connectivity index is 1.98. The Morgan fingerprint density at radius 1 is 1.33 bits per heavy atom. The minimum absolute atomic E-state index is 0.0272. The number of methoxy groups -OCH3 is 1. The Labute approximate surface area is 133 Å². The van der Waals surface area contributed by atoms with Crippen LogP contribution in [-0.4, -0.2) is 36.4 Å². The van der Waals surface area contributed by atoms with E-state index in [9.17, 15) is 9.90 Å². The first-order valence-corrected chi connectivity index (χ1v) is 7.73. The summed E-state index contributed by atoms with van der Waals surface area (Å²) in [5.74, 6) is -0.746. The number of aliphatic hydroxyl groups excluding tert-OH is 1. The fourth-order valence-corrected chi connectivity index (χ4v) is 3.94. The van der Waals surface area contributed by atoms with Gasteiger partial charge < -0.3 is 15.2 Å². The van der Waals surface area contributed by atoms with Crippen LogP contribution in [0.15, 0.2) is 18.2 Å². The highest BCUT2D eigenvalue weighted by molar-refractivity contribution is 6.42. The molecule has 2 bridgehead atoms. The van der Waals surface area contributed by atoms with Crippen molar-refractivity contribution in [1.29, 1.82) is 0 Å². The molecule has 1 aromatic carbocycles. The molecule has 3 rings (SSSR count). The van der Waals surface area contributed by atoms with E-state index in [1.165, 1.54) is 7.11 Å². The van der Waals surface area contributed by atoms with Crippen molar-refractivity contribution in [3.8, 4) is 0 Å². The van der Waals surface area contributed by atoms with Crippen molar-refractivity contribution in [2.45, 2.75) is 36.9 Å². The molecule has 0 aliphatic carbocycles. The number of hydrogen-bond donors (Lipinski definition) is 2. The van der Waals surface area contributed by atoms with Gasteiger partial charge in [0, 0.05) is 18.0 Å². The maximum atomic E-state index is 12.2. The highest BCUT2D eigenvalue weighted by atomic mass is 35.5. The lowest BCUT2D eigenvalue weighted by atomic mass is 9.77. The standard InChI is InChI=1S/C15H17Cl2NO3/c1-21-15(20)13-9(5-8-6-12(19)14(13)18-8)7-2-3-10(16)11(17)4-7/h2-4,8-9,12-14,18-19H,5-6H2,1H3. The third-order valence-corrected chi connectivity index (χ3v) is 5.31. The summed E-state index contributed by atoms with van der Waals surface area (Å²) in [6.45, 7) is 0. The molecule has 2 saturated heterocycles. The second kappa shape index (κ2) is 5.76. The number of fused-ring (bicyclic) bond motifs is 2. The number of piperidine rings is 1. The number of nitrogens with one attached hydrogen (secondary N) is 1. The number of carbonyl (C=O) groups excluding carboxylic acids is 1. The molecule has 0 spiro atoms. The molecule has 0 aromatic heterocycles. The SMILES string of the molecule is COC(=O)C1C(c2ccc(Cl)c(Cl)c2)CC2CC(O)C1N2. The van der Waals surface area contributed by atoms with Gasteiger partial charge in [-0.05, 0) is 30.5 Å². The Morgan fingerprint density at radius 2 is 2.10 bits per heavy atom. The fraction of sp³-hybridized carbons (Fsp3) is 0.533. The summed E-state index contributed by atoms with van der Waals surface area (Å²) >= 11 is 12.1. The molecular formula is C15H17Cl2NO3. The maximum absolute atomic E-state index is 12.2. The zero-order valence-electron chi connectivity index (χ0n) is 11.6. The molecule has 0 saturated carbocycles. The molecule has 4 nitrogen and oxygen atoms in total. The van der Waals surface area contributed by atoms with Crippen LogP contribution in [0.2, 0.25) is 10.0 Å². The van der Waals surface area contributed by atoms with E-state index in [0.29, 0.717) is 16.5 Å². The minimum Gasteiger partial charge on any atom is -0.469 e. The normalized spacial score (nSPS) is 34.8. The minimum atomic E-state index is -0.521. The Hall–Kier alpha value is -0.810. The van der Waals surface area contributed by atoms with E-state index in [0.717, 1.165) is 12.0 Å². The smallest absolute Gasteiger partial charge is 0.310 e. The van der Waals surface area contributed by atoms with Crippen molar-refractivity contribution in [3.63, 3.8) is 0 Å². The number of benzene rings is 1. The van der Waals surface area contributed by atoms with Crippen LogP contribution in [0.3, 0.4) is 0 Å². The molecule has 21 heavy (non-hydrogen) atoms. The van der Waals surface area contributed by atoms with Gasteiger partial charge in [-0.15, -0.1) is 0 Å². The van der Waals surface area contributed by atoms with Gasteiger partial charge in [0.2, 0.25) is 0 Å². The lowest BCUT2D eigenvalue weighted by Crippen LogP contribution is -2.50. The molecule has 2 N–H and O–H groups in total. The molecule has 114 valence electrons. The Kier molecular flexibility index (Phi) is 4.14. The molecule has 1 aromatic rings. The monoisotopic (exact) mass is 329 g/mol. The molecule has 0 amide bonds. The predicted octanol–water partition coefficient (Wildman–Crippen LogP) is 2.36. The second-order valence-corrected chi connectivity index (χ2v) is 6.57. The number of halogens is 2. The number of rotatable bonds is 2. The average molecular weight is 330 g/mol. The van der Waals surface area contributed by atoms with Gasteiger partial charge in [-0.2, -0.15) is 0 Å². The lowest BCUT2D eigenvalue weighted by Gasteiger charge is -2.36. The molecular weight excluding hydrogens is 313 g/mol. The quantitative estimate of drug-likeness (QED) is 0.818. The van der Waals surface area contributed by atoms with Crippen LogP contribution >= 0.6 is 23.2 Å². The first-order valence-electron chi connectivity index (χ1n) is 6.98. The molecule has 5 unspecified atom stereocenters. The highest BCUT2D eigenvalue weighted by Gasteiger charge is 2.50. The van der Waals surface area contributed by atoms with Gasteiger partial charge in [-0.1, -0.05) is 29.3 Å². The van der Waals surface area contributed by atoms with E-state index in [4.69, 9.17) is 27.9 Å². The molecule has 5 atom stereocenters. The third-order valence-electron chi connectivity index (χ3n) is 4.57. The van der Waals surface area contributed by atoms with Gasteiger partial charge in [-0.3, -0.25) is 4.79 Å². The van der Waals surface area contributed by atoms with Gasteiger partial charge in [0.25, 0.3) is 0 Å². The lowest BCUT2D eigenvalue weighted by molar-refractivity contribution is -0.149. The van der Waals surface area contributed by atoms with E-state index in [1.807, 2.05) is 12.1 Å². The van der Waals surface area contributed by atoms with E-state index in [1.54, 1.807) is 6.07 Å². The number of carbonyl (C=O) groups is 1. The first-order chi connectivity index (χ1) is 10.0. The number of esters is 1. The summed E-state index contributed by atoms with van der Waals surface area (Å²) in [6.07, 6.45) is 0.910. The number of ether oxygens (including phenoxy) is 1. The van der Waals surface area contributed by atoms with Crippen LogP contribution in [0.25, 0.3) is 0 Å². The van der Waals surface area contributed by atoms with Crippen LogP contribution in [0.1, 0.15) is 24.3 Å². The van der Waals surface area contributed by atoms with E-state index >= 15 is 0 Å². The third kappa shape index (κ3) is 2.66. The van der Waals surface area contributed by atoms with Crippen LogP contribution in [0.5, 0.6) is 0 Å². The van der Waals surface area contributed by atoms with E-state index in [-0.39, 0.29) is 24.0 Å². The van der Waals surface area contributed by atoms with Crippen molar-refractivity contribution in [1.82, 2.24) is 5.32 Å². The van der Waals surface area contributed by atoms with Crippen molar-refractivity contribution in [2.24, 2.45) is 5.92 Å².